The maximum atomic E-state index is 6.58. The normalized spacial score (nSPS) is 26.6. The second kappa shape index (κ2) is 8.53. The van der Waals surface area contributed by atoms with Crippen molar-refractivity contribution in [1.82, 2.24) is 5.32 Å². The summed E-state index contributed by atoms with van der Waals surface area (Å²) in [6.07, 6.45) is 13.9. The second-order valence-corrected chi connectivity index (χ2v) is 7.96. The van der Waals surface area contributed by atoms with Crippen molar-refractivity contribution in [3.8, 4) is 0 Å². The van der Waals surface area contributed by atoms with Gasteiger partial charge in [0, 0.05) is 0 Å². The lowest BCUT2D eigenvalue weighted by atomic mass is 9.83. The fourth-order valence-electron chi connectivity index (χ4n) is 4.41. The van der Waals surface area contributed by atoms with Gasteiger partial charge in [-0.15, -0.1) is 0 Å². The number of hydrogen-bond donors (Lipinski definition) is 1. The summed E-state index contributed by atoms with van der Waals surface area (Å²) >= 11 is 0. The second-order valence-electron chi connectivity index (χ2n) is 7.96. The molecular weight excluding hydrogens is 258 g/mol. The molecule has 2 atom stereocenters. The zero-order chi connectivity index (χ0) is 15.1. The fraction of sp³-hybridized carbons (Fsp3) is 1.00. The van der Waals surface area contributed by atoms with Crippen molar-refractivity contribution in [2.24, 2.45) is 11.8 Å². The number of nitrogens with one attached hydrogen (secondary N) is 1. The highest BCUT2D eigenvalue weighted by Gasteiger charge is 2.41. The summed E-state index contributed by atoms with van der Waals surface area (Å²) in [5.41, 5.74) is 0.294. The molecule has 1 spiro atoms. The van der Waals surface area contributed by atoms with Crippen LogP contribution in [0, 0.1) is 11.8 Å². The molecule has 0 aromatic heterocycles. The van der Waals surface area contributed by atoms with E-state index < -0.39 is 0 Å². The molecule has 2 heteroatoms. The van der Waals surface area contributed by atoms with Gasteiger partial charge in [0.1, 0.15) is 0 Å². The molecule has 0 aromatic carbocycles. The van der Waals surface area contributed by atoms with Crippen molar-refractivity contribution in [2.45, 2.75) is 96.7 Å². The van der Waals surface area contributed by atoms with Crippen LogP contribution in [0.25, 0.3) is 0 Å². The van der Waals surface area contributed by atoms with E-state index in [9.17, 15) is 0 Å². The van der Waals surface area contributed by atoms with Crippen LogP contribution in [0.1, 0.15) is 85.0 Å². The highest BCUT2D eigenvalue weighted by Crippen LogP contribution is 2.43. The number of ether oxygens (including phenoxy) is 1. The molecule has 2 fully saturated rings. The standard InChI is InChI=1S/C19H37NO/c1-4-12-20-15-17(13-16(2)3)14-18-8-11-19(21-18)9-6-5-7-10-19/h16-18,20H,4-15H2,1-3H3. The Morgan fingerprint density at radius 2 is 1.90 bits per heavy atom. The van der Waals surface area contributed by atoms with Crippen LogP contribution in [-0.2, 0) is 4.74 Å². The van der Waals surface area contributed by atoms with Gasteiger partial charge in [0.15, 0.2) is 0 Å². The summed E-state index contributed by atoms with van der Waals surface area (Å²) in [7, 11) is 0. The van der Waals surface area contributed by atoms with Crippen LogP contribution in [0.15, 0.2) is 0 Å². The smallest absolute Gasteiger partial charge is 0.0687 e. The van der Waals surface area contributed by atoms with Crippen LogP contribution in [0.3, 0.4) is 0 Å². The van der Waals surface area contributed by atoms with Crippen LogP contribution in [0.4, 0.5) is 0 Å². The van der Waals surface area contributed by atoms with Gasteiger partial charge in [-0.3, -0.25) is 0 Å². The Hall–Kier alpha value is -0.0800. The third-order valence-corrected chi connectivity index (χ3v) is 5.36. The van der Waals surface area contributed by atoms with E-state index in [0.717, 1.165) is 18.4 Å². The highest BCUT2D eigenvalue weighted by molar-refractivity contribution is 4.92. The zero-order valence-electron chi connectivity index (χ0n) is 14.6. The van der Waals surface area contributed by atoms with Crippen LogP contribution in [-0.4, -0.2) is 24.8 Å². The average Bonchev–Trinajstić information content (AvgIpc) is 2.81. The van der Waals surface area contributed by atoms with Gasteiger partial charge in [0.2, 0.25) is 0 Å². The van der Waals surface area contributed by atoms with E-state index in [1.54, 1.807) is 0 Å². The van der Waals surface area contributed by atoms with Gasteiger partial charge >= 0.3 is 0 Å². The minimum Gasteiger partial charge on any atom is -0.372 e. The molecule has 1 saturated carbocycles. The molecule has 0 aromatic rings. The molecule has 1 heterocycles. The van der Waals surface area contributed by atoms with E-state index in [1.807, 2.05) is 0 Å². The van der Waals surface area contributed by atoms with Gasteiger partial charge < -0.3 is 10.1 Å². The van der Waals surface area contributed by atoms with Gasteiger partial charge in [-0.2, -0.15) is 0 Å². The summed E-state index contributed by atoms with van der Waals surface area (Å²) in [5.74, 6) is 1.59. The first-order valence-corrected chi connectivity index (χ1v) is 9.52. The Balaban J connectivity index is 1.79. The average molecular weight is 296 g/mol. The largest absolute Gasteiger partial charge is 0.372 e. The van der Waals surface area contributed by atoms with Crippen molar-refractivity contribution >= 4 is 0 Å². The topological polar surface area (TPSA) is 21.3 Å². The molecule has 124 valence electrons. The van der Waals surface area contributed by atoms with Gasteiger partial charge in [-0.05, 0) is 69.9 Å². The van der Waals surface area contributed by atoms with E-state index in [-0.39, 0.29) is 0 Å². The molecule has 2 unspecified atom stereocenters. The molecule has 1 N–H and O–H groups in total. The Morgan fingerprint density at radius 3 is 2.57 bits per heavy atom. The summed E-state index contributed by atoms with van der Waals surface area (Å²) < 4.78 is 6.58. The van der Waals surface area contributed by atoms with Crippen molar-refractivity contribution in [3.63, 3.8) is 0 Å². The maximum Gasteiger partial charge on any atom is 0.0687 e. The van der Waals surface area contributed by atoms with Crippen LogP contribution >= 0.6 is 0 Å². The van der Waals surface area contributed by atoms with Gasteiger partial charge in [0.25, 0.3) is 0 Å². The quantitative estimate of drug-likeness (QED) is 0.642. The summed E-state index contributed by atoms with van der Waals surface area (Å²) in [5, 5.41) is 3.63. The zero-order valence-corrected chi connectivity index (χ0v) is 14.6. The third kappa shape index (κ3) is 5.56. The van der Waals surface area contributed by atoms with E-state index >= 15 is 0 Å². The van der Waals surface area contributed by atoms with Gasteiger partial charge in [-0.25, -0.2) is 0 Å². The minimum atomic E-state index is 0.294. The van der Waals surface area contributed by atoms with Crippen molar-refractivity contribution < 1.29 is 4.74 Å². The molecule has 21 heavy (non-hydrogen) atoms. The summed E-state index contributed by atoms with van der Waals surface area (Å²) in [4.78, 5) is 0. The predicted octanol–water partition coefficient (Wildman–Crippen LogP) is 4.92. The lowest BCUT2D eigenvalue weighted by Gasteiger charge is -2.34. The molecule has 2 aliphatic rings. The van der Waals surface area contributed by atoms with Gasteiger partial charge in [0.05, 0.1) is 11.7 Å². The molecule has 1 saturated heterocycles. The Bertz CT molecular complexity index is 283. The SMILES string of the molecule is CCCNCC(CC(C)C)CC1CCC2(CCCCC2)O1. The first-order chi connectivity index (χ1) is 10.1. The van der Waals surface area contributed by atoms with Crippen molar-refractivity contribution in [3.05, 3.63) is 0 Å². The lowest BCUT2D eigenvalue weighted by Crippen LogP contribution is -2.33. The predicted molar refractivity (Wildman–Crippen MR) is 90.6 cm³/mol. The monoisotopic (exact) mass is 295 g/mol. The fourth-order valence-corrected chi connectivity index (χ4v) is 4.41. The molecule has 0 radical (unpaired) electrons. The number of rotatable bonds is 8. The Kier molecular flexibility index (Phi) is 7.01. The summed E-state index contributed by atoms with van der Waals surface area (Å²) in [6, 6.07) is 0. The van der Waals surface area contributed by atoms with Crippen molar-refractivity contribution in [1.29, 1.82) is 0 Å². The lowest BCUT2D eigenvalue weighted by molar-refractivity contribution is -0.0703. The molecular formula is C19H37NO. The molecule has 0 bridgehead atoms. The first-order valence-electron chi connectivity index (χ1n) is 9.52. The molecule has 0 amide bonds. The minimum absolute atomic E-state index is 0.294. The summed E-state index contributed by atoms with van der Waals surface area (Å²) in [6.45, 7) is 9.29. The Labute approximate surface area is 132 Å². The van der Waals surface area contributed by atoms with Crippen LogP contribution < -0.4 is 5.32 Å². The van der Waals surface area contributed by atoms with Crippen LogP contribution in [0.2, 0.25) is 0 Å². The maximum absolute atomic E-state index is 6.58. The molecule has 1 aliphatic heterocycles. The van der Waals surface area contributed by atoms with Crippen molar-refractivity contribution in [2.75, 3.05) is 13.1 Å². The van der Waals surface area contributed by atoms with E-state index in [0.29, 0.717) is 11.7 Å². The van der Waals surface area contributed by atoms with E-state index in [2.05, 4.69) is 26.1 Å². The van der Waals surface area contributed by atoms with Crippen LogP contribution in [0.5, 0.6) is 0 Å². The molecule has 2 rings (SSSR count). The van der Waals surface area contributed by atoms with E-state index in [1.165, 1.54) is 70.8 Å². The first kappa shape index (κ1) is 17.3. The molecule has 1 aliphatic carbocycles. The van der Waals surface area contributed by atoms with E-state index in [4.69, 9.17) is 4.74 Å². The number of hydrogen-bond acceptors (Lipinski definition) is 2. The third-order valence-electron chi connectivity index (χ3n) is 5.36. The van der Waals surface area contributed by atoms with Gasteiger partial charge in [-0.1, -0.05) is 40.0 Å². The molecule has 2 nitrogen and oxygen atoms in total. The Morgan fingerprint density at radius 1 is 1.14 bits per heavy atom. The highest BCUT2D eigenvalue weighted by atomic mass is 16.5.